The molecule has 1 unspecified atom stereocenters. The predicted molar refractivity (Wildman–Crippen MR) is 60.2 cm³/mol. The lowest BCUT2D eigenvalue weighted by Crippen LogP contribution is -2.33. The zero-order chi connectivity index (χ0) is 12.2. The van der Waals surface area contributed by atoms with Crippen LogP contribution in [0.25, 0.3) is 0 Å². The van der Waals surface area contributed by atoms with E-state index in [9.17, 15) is 5.11 Å². The number of nitrogens with two attached hydrogens (primary N) is 1. The Kier molecular flexibility index (Phi) is 3.83. The van der Waals surface area contributed by atoms with Gasteiger partial charge in [-0.2, -0.15) is 15.0 Å². The van der Waals surface area contributed by atoms with Crippen LogP contribution in [0.4, 0.5) is 11.9 Å². The van der Waals surface area contributed by atoms with Crippen LogP contribution in [0.5, 0.6) is 6.01 Å². The van der Waals surface area contributed by atoms with E-state index in [2.05, 4.69) is 20.3 Å². The van der Waals surface area contributed by atoms with Crippen molar-refractivity contribution in [3.63, 3.8) is 0 Å². The number of nitrogens with one attached hydrogen (secondary N) is 1. The van der Waals surface area contributed by atoms with E-state index in [4.69, 9.17) is 10.5 Å². The molecule has 0 spiro atoms. The van der Waals surface area contributed by atoms with Crippen molar-refractivity contribution in [2.75, 3.05) is 24.7 Å². The van der Waals surface area contributed by atoms with Crippen LogP contribution in [0.15, 0.2) is 0 Å². The molecule has 0 amide bonds. The molecule has 4 N–H and O–H groups in total. The predicted octanol–water partition coefficient (Wildman–Crippen LogP) is 0.0353. The van der Waals surface area contributed by atoms with E-state index in [1.807, 2.05) is 6.92 Å². The van der Waals surface area contributed by atoms with Crippen LogP contribution in [-0.4, -0.2) is 39.3 Å². The number of hydrogen-bond acceptors (Lipinski definition) is 7. The van der Waals surface area contributed by atoms with Crippen molar-refractivity contribution in [2.24, 2.45) is 0 Å². The fourth-order valence-electron chi connectivity index (χ4n) is 0.937. The van der Waals surface area contributed by atoms with Crippen molar-refractivity contribution in [3.8, 4) is 6.01 Å². The Bertz CT molecular complexity index is 356. The summed E-state index contributed by atoms with van der Waals surface area (Å²) in [5.74, 6) is 0.364. The molecule has 0 radical (unpaired) electrons. The van der Waals surface area contributed by atoms with Crippen LogP contribution in [0.3, 0.4) is 0 Å². The molecule has 0 aromatic carbocycles. The summed E-state index contributed by atoms with van der Waals surface area (Å²) in [7, 11) is 1.45. The lowest BCUT2D eigenvalue weighted by Gasteiger charge is -2.21. The number of aromatic nitrogens is 3. The summed E-state index contributed by atoms with van der Waals surface area (Å²) in [6, 6.07) is 0.145. The number of aliphatic hydroxyl groups is 1. The van der Waals surface area contributed by atoms with Gasteiger partial charge in [0.1, 0.15) is 0 Å². The molecular formula is C9H17N5O2. The molecule has 0 aliphatic heterocycles. The van der Waals surface area contributed by atoms with Crippen molar-refractivity contribution in [3.05, 3.63) is 0 Å². The van der Waals surface area contributed by atoms with Crippen molar-refractivity contribution in [1.82, 2.24) is 15.0 Å². The molecule has 16 heavy (non-hydrogen) atoms. The van der Waals surface area contributed by atoms with Gasteiger partial charge in [0.15, 0.2) is 0 Å². The first-order chi connectivity index (χ1) is 7.46. The van der Waals surface area contributed by atoms with E-state index in [0.717, 1.165) is 0 Å². The molecule has 1 atom stereocenters. The van der Waals surface area contributed by atoms with E-state index < -0.39 is 5.60 Å². The van der Waals surface area contributed by atoms with Crippen LogP contribution < -0.4 is 15.8 Å². The zero-order valence-corrected chi connectivity index (χ0v) is 9.69. The highest BCUT2D eigenvalue weighted by Gasteiger charge is 2.17. The third-order valence-electron chi connectivity index (χ3n) is 2.20. The lowest BCUT2D eigenvalue weighted by atomic mass is 10.0. The van der Waals surface area contributed by atoms with Gasteiger partial charge in [-0.15, -0.1) is 0 Å². The maximum absolute atomic E-state index is 9.78. The van der Waals surface area contributed by atoms with Crippen LogP contribution >= 0.6 is 0 Å². The van der Waals surface area contributed by atoms with Crippen molar-refractivity contribution in [2.45, 2.75) is 25.9 Å². The van der Waals surface area contributed by atoms with Gasteiger partial charge in [-0.1, -0.05) is 6.92 Å². The number of hydrogen-bond donors (Lipinski definition) is 3. The number of nitrogens with zero attached hydrogens (tertiary/aromatic N) is 3. The summed E-state index contributed by atoms with van der Waals surface area (Å²) in [5.41, 5.74) is 4.65. The van der Waals surface area contributed by atoms with E-state index in [0.29, 0.717) is 13.0 Å². The minimum Gasteiger partial charge on any atom is -0.467 e. The smallest absolute Gasteiger partial charge is 0.322 e. The Labute approximate surface area is 94.1 Å². The molecule has 0 aliphatic rings. The monoisotopic (exact) mass is 227 g/mol. The van der Waals surface area contributed by atoms with Gasteiger partial charge >= 0.3 is 6.01 Å². The molecule has 90 valence electrons. The first kappa shape index (κ1) is 12.4. The second-order valence-electron chi connectivity index (χ2n) is 3.71. The topological polar surface area (TPSA) is 106 Å². The van der Waals surface area contributed by atoms with Crippen LogP contribution in [0, 0.1) is 0 Å². The number of rotatable bonds is 5. The molecule has 0 aliphatic carbocycles. The molecular weight excluding hydrogens is 210 g/mol. The van der Waals surface area contributed by atoms with Gasteiger partial charge in [0.2, 0.25) is 11.9 Å². The Morgan fingerprint density at radius 2 is 2.12 bits per heavy atom. The molecule has 1 aromatic heterocycles. The zero-order valence-electron chi connectivity index (χ0n) is 9.69. The summed E-state index contributed by atoms with van der Waals surface area (Å²) in [4.78, 5) is 11.6. The van der Waals surface area contributed by atoms with E-state index in [-0.39, 0.29) is 17.9 Å². The van der Waals surface area contributed by atoms with Gasteiger partial charge in [-0.25, -0.2) is 0 Å². The average Bonchev–Trinajstić information content (AvgIpc) is 2.26. The van der Waals surface area contributed by atoms with Crippen LogP contribution in [0.2, 0.25) is 0 Å². The molecule has 0 saturated carbocycles. The highest BCUT2D eigenvalue weighted by Crippen LogP contribution is 2.12. The maximum Gasteiger partial charge on any atom is 0.322 e. The second kappa shape index (κ2) is 4.93. The minimum atomic E-state index is -0.811. The van der Waals surface area contributed by atoms with Gasteiger partial charge in [-0.05, 0) is 13.3 Å². The fraction of sp³-hybridized carbons (Fsp3) is 0.667. The fourth-order valence-corrected chi connectivity index (χ4v) is 0.937. The second-order valence-corrected chi connectivity index (χ2v) is 3.71. The van der Waals surface area contributed by atoms with E-state index >= 15 is 0 Å². The first-order valence-electron chi connectivity index (χ1n) is 4.98. The summed E-state index contributed by atoms with van der Waals surface area (Å²) >= 11 is 0. The Morgan fingerprint density at radius 1 is 1.44 bits per heavy atom. The molecule has 0 bridgehead atoms. The summed E-state index contributed by atoms with van der Waals surface area (Å²) < 4.78 is 4.85. The maximum atomic E-state index is 9.78. The summed E-state index contributed by atoms with van der Waals surface area (Å²) in [5, 5.41) is 12.7. The highest BCUT2D eigenvalue weighted by atomic mass is 16.5. The molecule has 1 aromatic rings. The SMILES string of the molecule is CCC(C)(O)CNc1nc(N)nc(OC)n1. The number of nitrogen functional groups attached to an aromatic ring is 1. The normalized spacial score (nSPS) is 14.2. The molecule has 0 saturated heterocycles. The minimum absolute atomic E-state index is 0.0745. The Hall–Kier alpha value is -1.63. The molecule has 0 fully saturated rings. The molecule has 1 heterocycles. The van der Waals surface area contributed by atoms with Crippen LogP contribution in [-0.2, 0) is 0 Å². The third kappa shape index (κ3) is 3.50. The third-order valence-corrected chi connectivity index (χ3v) is 2.20. The number of ether oxygens (including phenoxy) is 1. The van der Waals surface area contributed by atoms with E-state index in [1.54, 1.807) is 6.92 Å². The van der Waals surface area contributed by atoms with Gasteiger partial charge in [-0.3, -0.25) is 0 Å². The molecule has 7 nitrogen and oxygen atoms in total. The first-order valence-corrected chi connectivity index (χ1v) is 4.98. The van der Waals surface area contributed by atoms with Gasteiger partial charge in [0, 0.05) is 6.54 Å². The van der Waals surface area contributed by atoms with Crippen molar-refractivity contribution in [1.29, 1.82) is 0 Å². The highest BCUT2D eigenvalue weighted by molar-refractivity contribution is 5.32. The largest absolute Gasteiger partial charge is 0.467 e. The molecule has 7 heteroatoms. The Morgan fingerprint density at radius 3 is 2.69 bits per heavy atom. The van der Waals surface area contributed by atoms with Crippen molar-refractivity contribution >= 4 is 11.9 Å². The standard InChI is InChI=1S/C9H17N5O2/c1-4-9(2,15)5-11-7-12-6(10)13-8(14-7)16-3/h15H,4-5H2,1-3H3,(H3,10,11,12,13,14). The Balaban J connectivity index is 2.70. The summed E-state index contributed by atoms with van der Waals surface area (Å²) in [6.45, 7) is 3.95. The average molecular weight is 227 g/mol. The van der Waals surface area contributed by atoms with Gasteiger partial charge in [0.25, 0.3) is 0 Å². The molecule has 1 rings (SSSR count). The van der Waals surface area contributed by atoms with Crippen LogP contribution in [0.1, 0.15) is 20.3 Å². The number of anilines is 2. The van der Waals surface area contributed by atoms with Gasteiger partial charge in [0.05, 0.1) is 12.7 Å². The summed E-state index contributed by atoms with van der Waals surface area (Å²) in [6.07, 6.45) is 0.623. The quantitative estimate of drug-likeness (QED) is 0.651. The lowest BCUT2D eigenvalue weighted by molar-refractivity contribution is 0.0695. The van der Waals surface area contributed by atoms with E-state index in [1.165, 1.54) is 7.11 Å². The number of methoxy groups -OCH3 is 1. The van der Waals surface area contributed by atoms with Gasteiger partial charge < -0.3 is 20.9 Å². The van der Waals surface area contributed by atoms with Crippen molar-refractivity contribution < 1.29 is 9.84 Å².